The van der Waals surface area contributed by atoms with Gasteiger partial charge in [-0.15, -0.1) is 0 Å². The van der Waals surface area contributed by atoms with Gasteiger partial charge in [-0.1, -0.05) is 42.5 Å². The van der Waals surface area contributed by atoms with Gasteiger partial charge in [-0.05, 0) is 67.9 Å². The number of hydrogen-bond donors (Lipinski definition) is 0. The smallest absolute Gasteiger partial charge is 0.264 e. The van der Waals surface area contributed by atoms with E-state index in [4.69, 9.17) is 0 Å². The van der Waals surface area contributed by atoms with Gasteiger partial charge < -0.3 is 9.80 Å². The maximum Gasteiger partial charge on any atom is 0.264 e. The van der Waals surface area contributed by atoms with Crippen molar-refractivity contribution >= 4 is 23.4 Å². The molecule has 1 aromatic heterocycles. The number of carbonyl (C=O) groups excluding carboxylic acids is 3. The van der Waals surface area contributed by atoms with E-state index < -0.39 is 0 Å². The van der Waals surface area contributed by atoms with Crippen LogP contribution >= 0.6 is 0 Å². The Morgan fingerprint density at radius 1 is 0.795 bits per heavy atom. The van der Waals surface area contributed by atoms with Gasteiger partial charge in [0.1, 0.15) is 0 Å². The van der Waals surface area contributed by atoms with Gasteiger partial charge in [-0.25, -0.2) is 0 Å². The monoisotopic (exact) mass is 522 g/mol. The van der Waals surface area contributed by atoms with Crippen molar-refractivity contribution in [2.24, 2.45) is 5.92 Å². The second-order valence-corrected chi connectivity index (χ2v) is 10.8. The zero-order valence-electron chi connectivity index (χ0n) is 22.2. The lowest BCUT2D eigenvalue weighted by atomic mass is 9.92. The molecule has 3 aliphatic heterocycles. The van der Waals surface area contributed by atoms with E-state index in [9.17, 15) is 14.4 Å². The molecule has 7 nitrogen and oxygen atoms in total. The van der Waals surface area contributed by atoms with Crippen molar-refractivity contribution < 1.29 is 14.4 Å². The second kappa shape index (κ2) is 11.0. The van der Waals surface area contributed by atoms with Gasteiger partial charge in [0.2, 0.25) is 5.91 Å². The molecule has 7 heteroatoms. The van der Waals surface area contributed by atoms with Crippen molar-refractivity contribution in [2.75, 3.05) is 31.1 Å². The number of nitrogens with zero attached hydrogens (tertiary/aromatic N) is 4. The Hall–Kier alpha value is -4.00. The van der Waals surface area contributed by atoms with Crippen molar-refractivity contribution in [3.8, 4) is 0 Å². The second-order valence-electron chi connectivity index (χ2n) is 10.8. The number of fused-ring (bicyclic) bond motifs is 1. The van der Waals surface area contributed by atoms with Gasteiger partial charge in [0, 0.05) is 38.3 Å². The van der Waals surface area contributed by atoms with Crippen molar-refractivity contribution in [1.29, 1.82) is 0 Å². The normalized spacial score (nSPS) is 20.2. The number of anilines is 1. The number of imide groups is 1. The molecule has 1 atom stereocenters. The summed E-state index contributed by atoms with van der Waals surface area (Å²) in [6, 6.07) is 21.6. The molecule has 0 spiro atoms. The zero-order chi connectivity index (χ0) is 26.8. The summed E-state index contributed by atoms with van der Waals surface area (Å²) in [6.07, 6.45) is 6.33. The summed E-state index contributed by atoms with van der Waals surface area (Å²) >= 11 is 0. The van der Waals surface area contributed by atoms with Gasteiger partial charge in [0.15, 0.2) is 0 Å². The molecular formula is C32H34N4O3. The van der Waals surface area contributed by atoms with Crippen LogP contribution in [-0.4, -0.2) is 58.7 Å². The molecular weight excluding hydrogens is 488 g/mol. The minimum Gasteiger partial charge on any atom is -0.371 e. The number of likely N-dealkylation sites (tertiary alicyclic amines) is 1. The zero-order valence-corrected chi connectivity index (χ0v) is 22.2. The molecule has 3 aliphatic rings. The Kier molecular flexibility index (Phi) is 7.14. The fraction of sp³-hybridized carbons (Fsp3) is 0.375. The molecule has 0 aliphatic carbocycles. The molecule has 2 aromatic carbocycles. The number of hydrogen-bond acceptors (Lipinski definition) is 5. The summed E-state index contributed by atoms with van der Waals surface area (Å²) in [7, 11) is 0. The Bertz CT molecular complexity index is 1350. The van der Waals surface area contributed by atoms with Gasteiger partial charge in [0.25, 0.3) is 11.8 Å². The third-order valence-corrected chi connectivity index (χ3v) is 8.52. The molecule has 3 amide bonds. The molecule has 6 rings (SSSR count). The summed E-state index contributed by atoms with van der Waals surface area (Å²) in [5.74, 6) is 0.247. The lowest BCUT2D eigenvalue weighted by Crippen LogP contribution is -2.43. The third-order valence-electron chi connectivity index (χ3n) is 8.52. The lowest BCUT2D eigenvalue weighted by Gasteiger charge is -2.36. The molecule has 0 unspecified atom stereocenters. The van der Waals surface area contributed by atoms with Crippen LogP contribution in [0.4, 0.5) is 5.69 Å². The van der Waals surface area contributed by atoms with E-state index in [1.807, 2.05) is 30.3 Å². The number of rotatable bonds is 5. The SMILES string of the molecule is O=C(C1CCN(c2cccc3c2C(=O)N(Cc2ccccn2)C3=O)CC1)N1CCC[C@@H](c2ccccc2)CC1. The average molecular weight is 523 g/mol. The van der Waals surface area contributed by atoms with E-state index in [2.05, 4.69) is 45.1 Å². The summed E-state index contributed by atoms with van der Waals surface area (Å²) in [6.45, 7) is 3.18. The first-order chi connectivity index (χ1) is 19.1. The molecule has 0 saturated carbocycles. The van der Waals surface area contributed by atoms with Crippen molar-refractivity contribution in [3.05, 3.63) is 95.3 Å². The molecule has 2 saturated heterocycles. The minimum absolute atomic E-state index is 0.00396. The number of carbonyl (C=O) groups is 3. The molecule has 0 N–H and O–H groups in total. The summed E-state index contributed by atoms with van der Waals surface area (Å²) in [4.78, 5) is 49.8. The van der Waals surface area contributed by atoms with Gasteiger partial charge in [-0.3, -0.25) is 24.3 Å². The number of aromatic nitrogens is 1. The molecule has 2 fully saturated rings. The topological polar surface area (TPSA) is 73.8 Å². The fourth-order valence-corrected chi connectivity index (χ4v) is 6.38. The predicted molar refractivity (Wildman–Crippen MR) is 149 cm³/mol. The lowest BCUT2D eigenvalue weighted by molar-refractivity contribution is -0.136. The largest absolute Gasteiger partial charge is 0.371 e. The summed E-state index contributed by atoms with van der Waals surface area (Å²) < 4.78 is 0. The first-order valence-corrected chi connectivity index (χ1v) is 14.1. The molecule has 0 bridgehead atoms. The standard InChI is InChI=1S/C32H34N4O3/c37-30(35-18-7-10-24(14-21-35)23-8-2-1-3-9-23)25-15-19-34(20-16-25)28-13-6-12-27-29(28)32(39)36(31(27)38)22-26-11-4-5-17-33-26/h1-6,8-9,11-13,17,24-25H,7,10,14-16,18-22H2/t24-/m1/s1. The van der Waals surface area contributed by atoms with Crippen LogP contribution in [0, 0.1) is 5.92 Å². The molecule has 3 aromatic rings. The average Bonchev–Trinajstić information content (AvgIpc) is 3.14. The number of piperidine rings is 1. The van der Waals surface area contributed by atoms with E-state index in [0.717, 1.165) is 50.9 Å². The van der Waals surface area contributed by atoms with Crippen LogP contribution in [0.25, 0.3) is 0 Å². The minimum atomic E-state index is -0.275. The summed E-state index contributed by atoms with van der Waals surface area (Å²) in [5, 5.41) is 0. The number of pyridine rings is 1. The predicted octanol–water partition coefficient (Wildman–Crippen LogP) is 4.89. The Morgan fingerprint density at radius 2 is 1.59 bits per heavy atom. The Morgan fingerprint density at radius 3 is 2.36 bits per heavy atom. The van der Waals surface area contributed by atoms with E-state index in [1.54, 1.807) is 12.3 Å². The van der Waals surface area contributed by atoms with Crippen LogP contribution < -0.4 is 4.90 Å². The fourth-order valence-electron chi connectivity index (χ4n) is 6.38. The molecule has 39 heavy (non-hydrogen) atoms. The highest BCUT2D eigenvalue weighted by atomic mass is 16.2. The highest BCUT2D eigenvalue weighted by Crippen LogP contribution is 2.35. The first kappa shape index (κ1) is 25.3. The van der Waals surface area contributed by atoms with Gasteiger partial charge in [-0.2, -0.15) is 0 Å². The summed E-state index contributed by atoms with van der Waals surface area (Å²) in [5.41, 5.74) is 3.77. The van der Waals surface area contributed by atoms with Crippen LogP contribution in [0.1, 0.15) is 70.0 Å². The van der Waals surface area contributed by atoms with Gasteiger partial charge in [0.05, 0.1) is 29.1 Å². The maximum atomic E-state index is 13.5. The number of amides is 3. The van der Waals surface area contributed by atoms with Crippen molar-refractivity contribution in [3.63, 3.8) is 0 Å². The first-order valence-electron chi connectivity index (χ1n) is 14.1. The van der Waals surface area contributed by atoms with Crippen LogP contribution in [0.2, 0.25) is 0 Å². The van der Waals surface area contributed by atoms with Gasteiger partial charge >= 0.3 is 0 Å². The quantitative estimate of drug-likeness (QED) is 0.446. The Labute approximate surface area is 229 Å². The highest BCUT2D eigenvalue weighted by Gasteiger charge is 2.39. The van der Waals surface area contributed by atoms with Crippen LogP contribution in [0.15, 0.2) is 72.9 Å². The highest BCUT2D eigenvalue weighted by molar-refractivity contribution is 6.23. The van der Waals surface area contributed by atoms with Crippen LogP contribution in [0.5, 0.6) is 0 Å². The third kappa shape index (κ3) is 5.05. The van der Waals surface area contributed by atoms with E-state index >= 15 is 0 Å². The Balaban J connectivity index is 1.10. The molecule has 200 valence electrons. The molecule has 0 radical (unpaired) electrons. The van der Waals surface area contributed by atoms with E-state index in [0.29, 0.717) is 35.8 Å². The molecule has 4 heterocycles. The van der Waals surface area contributed by atoms with Crippen LogP contribution in [-0.2, 0) is 11.3 Å². The van der Waals surface area contributed by atoms with Crippen molar-refractivity contribution in [2.45, 2.75) is 44.6 Å². The van der Waals surface area contributed by atoms with E-state index in [1.165, 1.54) is 10.5 Å². The van der Waals surface area contributed by atoms with E-state index in [-0.39, 0.29) is 30.2 Å². The van der Waals surface area contributed by atoms with Crippen molar-refractivity contribution in [1.82, 2.24) is 14.8 Å². The maximum absolute atomic E-state index is 13.5. The number of benzene rings is 2. The van der Waals surface area contributed by atoms with Crippen LogP contribution in [0.3, 0.4) is 0 Å².